The van der Waals surface area contributed by atoms with E-state index in [9.17, 15) is 13.0 Å². The molecule has 0 fully saturated rings. The Morgan fingerprint density at radius 2 is 1.48 bits per heavy atom. The van der Waals surface area contributed by atoms with Crippen molar-refractivity contribution in [3.8, 4) is 0 Å². The van der Waals surface area contributed by atoms with Crippen LogP contribution in [0.1, 0.15) is 70.9 Å². The number of nitrogens with zero attached hydrogens (tertiary/aromatic N) is 2. The molecule has 258 valence electrons. The van der Waals surface area contributed by atoms with E-state index in [1.165, 1.54) is 44.1 Å². The molecule has 5 nitrogen and oxygen atoms in total. The fraction of sp³-hybridized carbons (Fsp3) is 0.326. The number of allylic oxidation sites excluding steroid dienone is 8. The van der Waals surface area contributed by atoms with Crippen LogP contribution in [0.2, 0.25) is 0 Å². The Hall–Kier alpha value is -3.97. The molecule has 7 heteroatoms. The molecule has 4 aromatic rings. The predicted molar refractivity (Wildman–Crippen MR) is 208 cm³/mol. The molecule has 0 bridgehead atoms. The summed E-state index contributed by atoms with van der Waals surface area (Å²) in [5.41, 5.74) is 9.19. The third kappa shape index (κ3) is 6.06. The molecular weight excluding hydrogens is 660 g/mol. The van der Waals surface area contributed by atoms with Gasteiger partial charge in [-0.1, -0.05) is 92.2 Å². The quantitative estimate of drug-likeness (QED) is 0.104. The summed E-state index contributed by atoms with van der Waals surface area (Å²) in [5.74, 6) is -0.344. The van der Waals surface area contributed by atoms with E-state index < -0.39 is 10.1 Å². The third-order valence-electron chi connectivity index (χ3n) is 11.0. The summed E-state index contributed by atoms with van der Waals surface area (Å²) in [6.07, 6.45) is 12.7. The smallest absolute Gasteiger partial charge is 0.210 e. The van der Waals surface area contributed by atoms with Gasteiger partial charge in [0.15, 0.2) is 5.71 Å². The van der Waals surface area contributed by atoms with E-state index in [1.807, 2.05) is 0 Å². The lowest BCUT2D eigenvalue weighted by Crippen LogP contribution is -2.27. The molecular formula is C43H45ClN2O3S. The first-order valence-electron chi connectivity index (χ1n) is 17.6. The summed E-state index contributed by atoms with van der Waals surface area (Å²) in [5, 5.41) is 5.78. The van der Waals surface area contributed by atoms with Crippen molar-refractivity contribution in [2.24, 2.45) is 0 Å². The second kappa shape index (κ2) is 13.0. The minimum Gasteiger partial charge on any atom is -0.748 e. The maximum atomic E-state index is 11.3. The van der Waals surface area contributed by atoms with Gasteiger partial charge in [0.25, 0.3) is 0 Å². The van der Waals surface area contributed by atoms with E-state index in [1.54, 1.807) is 0 Å². The van der Waals surface area contributed by atoms with E-state index in [2.05, 4.69) is 141 Å². The van der Waals surface area contributed by atoms with E-state index in [0.717, 1.165) is 46.8 Å². The van der Waals surface area contributed by atoms with E-state index in [0.29, 0.717) is 19.4 Å². The zero-order chi connectivity index (χ0) is 35.4. The van der Waals surface area contributed by atoms with Crippen LogP contribution >= 0.6 is 11.6 Å². The Balaban J connectivity index is 1.22. The monoisotopic (exact) mass is 704 g/mol. The molecule has 0 saturated heterocycles. The highest BCUT2D eigenvalue weighted by Crippen LogP contribution is 2.51. The minimum absolute atomic E-state index is 0.166. The summed E-state index contributed by atoms with van der Waals surface area (Å²) in [7, 11) is -2.09. The molecule has 0 atom stereocenters. The maximum absolute atomic E-state index is 11.3. The predicted octanol–water partition coefficient (Wildman–Crippen LogP) is 10.2. The first-order valence-corrected chi connectivity index (χ1v) is 19.6. The second-order valence-electron chi connectivity index (χ2n) is 14.9. The fourth-order valence-electron chi connectivity index (χ4n) is 8.59. The Labute approximate surface area is 301 Å². The summed E-state index contributed by atoms with van der Waals surface area (Å²) in [6.45, 7) is 9.76. The second-order valence-corrected chi connectivity index (χ2v) is 16.8. The molecule has 50 heavy (non-hydrogen) atoms. The van der Waals surface area contributed by atoms with Gasteiger partial charge in [-0.05, 0) is 102 Å². The number of fused-ring (bicyclic) bond motifs is 6. The zero-order valence-corrected chi connectivity index (χ0v) is 31.2. The molecule has 2 aliphatic heterocycles. The van der Waals surface area contributed by atoms with Crippen LogP contribution in [0.5, 0.6) is 0 Å². The SMILES string of the molecule is C[N+]1=C(C=CC2=C(Cl)C(=CC=C3N(CCCCS(=O)(=O)[O-])c4ccc5ccccc5c4C3(C)C)CCC2)C(C)(C)c2c1ccc1ccccc21. The molecule has 2 heterocycles. The van der Waals surface area contributed by atoms with Crippen molar-refractivity contribution in [2.75, 3.05) is 24.2 Å². The number of anilines is 1. The average Bonchev–Trinajstić information content (AvgIpc) is 3.42. The highest BCUT2D eigenvalue weighted by atomic mass is 35.5. The van der Waals surface area contributed by atoms with Crippen LogP contribution in [0.15, 0.2) is 119 Å². The zero-order valence-electron chi connectivity index (χ0n) is 29.6. The topological polar surface area (TPSA) is 63.5 Å². The Bertz CT molecular complexity index is 2310. The molecule has 4 aromatic carbocycles. The third-order valence-corrected chi connectivity index (χ3v) is 12.3. The molecule has 0 spiro atoms. The van der Waals surface area contributed by atoms with Crippen LogP contribution in [0.3, 0.4) is 0 Å². The van der Waals surface area contributed by atoms with Crippen LogP contribution in [-0.2, 0) is 20.9 Å². The van der Waals surface area contributed by atoms with Crippen LogP contribution in [0.25, 0.3) is 21.5 Å². The van der Waals surface area contributed by atoms with Crippen molar-refractivity contribution < 1.29 is 17.5 Å². The van der Waals surface area contributed by atoms with Crippen LogP contribution < -0.4 is 4.90 Å². The molecule has 3 aliphatic rings. The van der Waals surface area contributed by atoms with E-state index in [4.69, 9.17) is 11.6 Å². The fourth-order valence-corrected chi connectivity index (χ4v) is 9.46. The summed E-state index contributed by atoms with van der Waals surface area (Å²) < 4.78 is 36.3. The van der Waals surface area contributed by atoms with Gasteiger partial charge >= 0.3 is 0 Å². The van der Waals surface area contributed by atoms with Crippen molar-refractivity contribution in [1.82, 2.24) is 0 Å². The average molecular weight is 705 g/mol. The molecule has 0 N–H and O–H groups in total. The van der Waals surface area contributed by atoms with Crippen molar-refractivity contribution in [3.05, 3.63) is 130 Å². The van der Waals surface area contributed by atoms with Gasteiger partial charge in [-0.25, -0.2) is 8.42 Å². The van der Waals surface area contributed by atoms with Crippen molar-refractivity contribution >= 4 is 60.4 Å². The van der Waals surface area contributed by atoms with E-state index >= 15 is 0 Å². The van der Waals surface area contributed by atoms with Gasteiger partial charge in [0.1, 0.15) is 7.05 Å². The number of rotatable bonds is 8. The summed E-state index contributed by atoms with van der Waals surface area (Å²) in [6, 6.07) is 25.9. The van der Waals surface area contributed by atoms with Gasteiger partial charge in [0, 0.05) is 51.8 Å². The number of unbranched alkanes of at least 4 members (excludes halogenated alkanes) is 1. The van der Waals surface area contributed by atoms with Gasteiger partial charge in [-0.3, -0.25) is 0 Å². The lowest BCUT2D eigenvalue weighted by Gasteiger charge is -2.27. The lowest BCUT2D eigenvalue weighted by molar-refractivity contribution is -0.401. The normalized spacial score (nSPS) is 20.3. The highest BCUT2D eigenvalue weighted by molar-refractivity contribution is 7.85. The molecule has 0 amide bonds. The van der Waals surface area contributed by atoms with Crippen molar-refractivity contribution in [2.45, 2.75) is 70.6 Å². The molecule has 0 unspecified atom stereocenters. The van der Waals surface area contributed by atoms with Crippen molar-refractivity contribution in [3.63, 3.8) is 0 Å². The Morgan fingerprint density at radius 3 is 2.18 bits per heavy atom. The summed E-state index contributed by atoms with van der Waals surface area (Å²) >= 11 is 7.22. The Kier molecular flexibility index (Phi) is 8.95. The van der Waals surface area contributed by atoms with Crippen LogP contribution in [-0.4, -0.2) is 42.6 Å². The lowest BCUT2D eigenvalue weighted by atomic mass is 9.79. The van der Waals surface area contributed by atoms with Gasteiger partial charge in [-0.15, -0.1) is 0 Å². The van der Waals surface area contributed by atoms with Crippen molar-refractivity contribution in [1.29, 1.82) is 0 Å². The van der Waals surface area contributed by atoms with Gasteiger partial charge < -0.3 is 9.45 Å². The minimum atomic E-state index is -4.25. The van der Waals surface area contributed by atoms with Gasteiger partial charge in [0.05, 0.1) is 15.5 Å². The molecule has 7 rings (SSSR count). The number of halogens is 1. The molecule has 0 aromatic heterocycles. The number of benzene rings is 4. The van der Waals surface area contributed by atoms with Gasteiger partial charge in [0.2, 0.25) is 5.69 Å². The first kappa shape index (κ1) is 34.5. The summed E-state index contributed by atoms with van der Waals surface area (Å²) in [4.78, 5) is 2.31. The van der Waals surface area contributed by atoms with E-state index in [-0.39, 0.29) is 16.6 Å². The highest BCUT2D eigenvalue weighted by Gasteiger charge is 2.44. The molecule has 1 aliphatic carbocycles. The van der Waals surface area contributed by atoms with Gasteiger partial charge in [-0.2, -0.15) is 4.58 Å². The standard InChI is InChI=1S/C43H45ClN2O3S/c1-42(2)37(45(5)35-23-19-29-13-6-8-17-33(29)39(35)42)25-21-31-15-12-16-32(41(31)44)22-26-38-43(3,4)40-34-18-9-7-14-30(34)20-24-36(40)46(38)27-10-11-28-50(47,48)49/h6-9,13-14,17-26H,10-12,15-16,27-28H2,1-5H3. The van der Waals surface area contributed by atoms with Crippen LogP contribution in [0, 0.1) is 0 Å². The van der Waals surface area contributed by atoms with Crippen LogP contribution in [0.4, 0.5) is 11.4 Å². The number of hydrogen-bond acceptors (Lipinski definition) is 4. The maximum Gasteiger partial charge on any atom is 0.210 e. The molecule has 0 radical (unpaired) electrons. The Morgan fingerprint density at radius 1 is 0.820 bits per heavy atom. The molecule has 0 saturated carbocycles. The number of hydrogen-bond donors (Lipinski definition) is 0. The largest absolute Gasteiger partial charge is 0.748 e. The first-order chi connectivity index (χ1) is 23.8.